The fraction of sp³-hybridized carbons (Fsp3) is 0.632. The van der Waals surface area contributed by atoms with Crippen LogP contribution in [0.25, 0.3) is 0 Å². The van der Waals surface area contributed by atoms with Crippen LogP contribution in [0.15, 0.2) is 18.2 Å². The predicted molar refractivity (Wildman–Crippen MR) is 105 cm³/mol. The Morgan fingerprint density at radius 2 is 1.56 bits per heavy atom. The maximum Gasteiger partial charge on any atom is 0.489 e. The van der Waals surface area contributed by atoms with Gasteiger partial charge in [0.05, 0.1) is 0 Å². The van der Waals surface area contributed by atoms with E-state index in [2.05, 4.69) is 12.2 Å². The lowest BCUT2D eigenvalue weighted by Crippen LogP contribution is -2.31. The summed E-state index contributed by atoms with van der Waals surface area (Å²) in [6, 6.07) is 4.47. The predicted octanol–water partition coefficient (Wildman–Crippen LogP) is 3.67. The van der Waals surface area contributed by atoms with Gasteiger partial charge in [0, 0.05) is 22.6 Å². The van der Waals surface area contributed by atoms with Crippen molar-refractivity contribution >= 4 is 30.1 Å². The van der Waals surface area contributed by atoms with Gasteiger partial charge < -0.3 is 15.4 Å². The summed E-state index contributed by atoms with van der Waals surface area (Å²) in [4.78, 5) is 12.0. The monoisotopic (exact) mass is 367 g/mol. The number of nitrogens with one attached hydrogen (secondary N) is 1. The quantitative estimate of drug-likeness (QED) is 0.368. The van der Waals surface area contributed by atoms with Crippen molar-refractivity contribution in [3.05, 3.63) is 28.8 Å². The summed E-state index contributed by atoms with van der Waals surface area (Å²) in [6.45, 7) is 2.89. The van der Waals surface area contributed by atoms with Gasteiger partial charge in [0.2, 0.25) is 0 Å². The second-order valence-electron chi connectivity index (χ2n) is 6.55. The highest BCUT2D eigenvalue weighted by atomic mass is 35.5. The molecule has 25 heavy (non-hydrogen) atoms. The molecular formula is C19H31BClNO3. The molecule has 0 fully saturated rings. The van der Waals surface area contributed by atoms with Crippen molar-refractivity contribution in [3.63, 3.8) is 0 Å². The molecule has 1 rings (SSSR count). The topological polar surface area (TPSA) is 69.6 Å². The second-order valence-corrected chi connectivity index (χ2v) is 6.96. The van der Waals surface area contributed by atoms with E-state index >= 15 is 0 Å². The van der Waals surface area contributed by atoms with Crippen molar-refractivity contribution in [1.82, 2.24) is 5.32 Å². The van der Waals surface area contributed by atoms with Gasteiger partial charge in [-0.25, -0.2) is 0 Å². The smallest absolute Gasteiger partial charge is 0.423 e. The van der Waals surface area contributed by atoms with Crippen LogP contribution in [-0.4, -0.2) is 29.6 Å². The molecule has 0 saturated heterocycles. The Bertz CT molecular complexity index is 511. The highest BCUT2D eigenvalue weighted by Gasteiger charge is 2.16. The van der Waals surface area contributed by atoms with Gasteiger partial charge in [0.25, 0.3) is 5.91 Å². The standard InChI is InChI=1S/C19H31BClNO3/c1-2-3-4-5-6-7-8-9-10-11-14-22-19(23)16-12-13-17(20(24)25)18(21)15-16/h12-13,15,24-25H,2-11,14H2,1H3,(H,22,23). The van der Waals surface area contributed by atoms with Gasteiger partial charge in [0.1, 0.15) is 0 Å². The minimum atomic E-state index is -1.63. The first-order valence-electron chi connectivity index (χ1n) is 9.50. The molecule has 1 aromatic rings. The lowest BCUT2D eigenvalue weighted by molar-refractivity contribution is 0.0953. The van der Waals surface area contributed by atoms with Crippen molar-refractivity contribution in [2.24, 2.45) is 0 Å². The highest BCUT2D eigenvalue weighted by molar-refractivity contribution is 6.62. The van der Waals surface area contributed by atoms with E-state index in [0.29, 0.717) is 12.1 Å². The molecule has 0 spiro atoms. The molecule has 0 bridgehead atoms. The fourth-order valence-corrected chi connectivity index (χ4v) is 3.07. The molecule has 0 aliphatic carbocycles. The van der Waals surface area contributed by atoms with E-state index in [4.69, 9.17) is 21.6 Å². The number of halogens is 1. The van der Waals surface area contributed by atoms with Gasteiger partial charge in [-0.3, -0.25) is 4.79 Å². The van der Waals surface area contributed by atoms with Crippen LogP contribution in [-0.2, 0) is 0 Å². The molecule has 0 atom stereocenters. The largest absolute Gasteiger partial charge is 0.489 e. The Kier molecular flexibility index (Phi) is 11.6. The van der Waals surface area contributed by atoms with Crippen molar-refractivity contribution in [1.29, 1.82) is 0 Å². The Hall–Kier alpha value is -1.04. The molecule has 0 unspecified atom stereocenters. The average molecular weight is 368 g/mol. The summed E-state index contributed by atoms with van der Waals surface area (Å²) in [5, 5.41) is 21.3. The summed E-state index contributed by atoms with van der Waals surface area (Å²) in [7, 11) is -1.63. The molecule has 0 aromatic heterocycles. The molecule has 0 radical (unpaired) electrons. The van der Waals surface area contributed by atoms with Crippen molar-refractivity contribution < 1.29 is 14.8 Å². The number of hydrogen-bond donors (Lipinski definition) is 3. The fourth-order valence-electron chi connectivity index (χ4n) is 2.79. The minimum Gasteiger partial charge on any atom is -0.423 e. The third kappa shape index (κ3) is 9.29. The van der Waals surface area contributed by atoms with E-state index in [-0.39, 0.29) is 16.4 Å². The van der Waals surface area contributed by atoms with Gasteiger partial charge in [-0.15, -0.1) is 0 Å². The number of carbonyl (C=O) groups excluding carboxylic acids is 1. The number of benzene rings is 1. The van der Waals surface area contributed by atoms with Gasteiger partial charge in [-0.1, -0.05) is 82.4 Å². The summed E-state index contributed by atoms with van der Waals surface area (Å²) in [6.07, 6.45) is 12.6. The van der Waals surface area contributed by atoms with Gasteiger partial charge in [0.15, 0.2) is 0 Å². The number of hydrogen-bond acceptors (Lipinski definition) is 3. The van der Waals surface area contributed by atoms with Gasteiger partial charge >= 0.3 is 7.12 Å². The lowest BCUT2D eigenvalue weighted by Gasteiger charge is -2.08. The van der Waals surface area contributed by atoms with Crippen LogP contribution in [0.2, 0.25) is 5.02 Å². The number of amides is 1. The maximum atomic E-state index is 12.0. The zero-order valence-corrected chi connectivity index (χ0v) is 16.0. The molecule has 0 aliphatic heterocycles. The molecule has 1 aromatic carbocycles. The zero-order valence-electron chi connectivity index (χ0n) is 15.3. The molecule has 6 heteroatoms. The highest BCUT2D eigenvalue weighted by Crippen LogP contribution is 2.11. The van der Waals surface area contributed by atoms with E-state index in [1.54, 1.807) is 6.07 Å². The van der Waals surface area contributed by atoms with E-state index in [9.17, 15) is 4.79 Å². The first kappa shape index (κ1) is 22.0. The lowest BCUT2D eigenvalue weighted by atomic mass is 9.80. The Morgan fingerprint density at radius 3 is 2.08 bits per heavy atom. The summed E-state index contributed by atoms with van der Waals surface area (Å²) < 4.78 is 0. The maximum absolute atomic E-state index is 12.0. The molecule has 3 N–H and O–H groups in total. The summed E-state index contributed by atoms with van der Waals surface area (Å²) in [5.74, 6) is -0.184. The Labute approximate surface area is 157 Å². The summed E-state index contributed by atoms with van der Waals surface area (Å²) in [5.41, 5.74) is 0.634. The third-order valence-corrected chi connectivity index (χ3v) is 4.68. The van der Waals surface area contributed by atoms with Gasteiger partial charge in [-0.2, -0.15) is 0 Å². The van der Waals surface area contributed by atoms with Crippen LogP contribution in [0.1, 0.15) is 81.5 Å². The Balaban J connectivity index is 2.10. The molecule has 0 heterocycles. The SMILES string of the molecule is CCCCCCCCCCCCNC(=O)c1ccc(B(O)O)c(Cl)c1. The Morgan fingerprint density at radius 1 is 1.00 bits per heavy atom. The van der Waals surface area contributed by atoms with E-state index < -0.39 is 7.12 Å². The average Bonchev–Trinajstić information content (AvgIpc) is 2.59. The number of unbranched alkanes of at least 4 members (excludes halogenated alkanes) is 9. The van der Waals surface area contributed by atoms with Crippen LogP contribution < -0.4 is 10.8 Å². The minimum absolute atomic E-state index is 0.182. The molecule has 4 nitrogen and oxygen atoms in total. The second kappa shape index (κ2) is 13.2. The van der Waals surface area contributed by atoms with E-state index in [1.165, 1.54) is 63.5 Å². The van der Waals surface area contributed by atoms with Crippen molar-refractivity contribution in [2.75, 3.05) is 6.54 Å². The van der Waals surface area contributed by atoms with Crippen LogP contribution in [0.5, 0.6) is 0 Å². The molecule has 140 valence electrons. The molecule has 0 aliphatic rings. The number of rotatable bonds is 13. The van der Waals surface area contributed by atoms with E-state index in [0.717, 1.165) is 12.8 Å². The van der Waals surface area contributed by atoms with Crippen LogP contribution in [0, 0.1) is 0 Å². The van der Waals surface area contributed by atoms with Crippen molar-refractivity contribution in [2.45, 2.75) is 71.1 Å². The molecular weight excluding hydrogens is 336 g/mol. The zero-order chi connectivity index (χ0) is 18.5. The van der Waals surface area contributed by atoms with Crippen molar-refractivity contribution in [3.8, 4) is 0 Å². The number of carbonyl (C=O) groups is 1. The first-order valence-corrected chi connectivity index (χ1v) is 9.87. The summed E-state index contributed by atoms with van der Waals surface area (Å²) >= 11 is 5.94. The van der Waals surface area contributed by atoms with Gasteiger partial charge in [-0.05, 0) is 18.6 Å². The third-order valence-electron chi connectivity index (χ3n) is 4.36. The first-order chi connectivity index (χ1) is 12.1. The molecule has 0 saturated carbocycles. The van der Waals surface area contributed by atoms with Crippen LogP contribution in [0.3, 0.4) is 0 Å². The molecule has 1 amide bonds. The van der Waals surface area contributed by atoms with E-state index in [1.807, 2.05) is 0 Å². The normalized spacial score (nSPS) is 10.7. The van der Waals surface area contributed by atoms with Crippen LogP contribution >= 0.6 is 11.6 Å². The van der Waals surface area contributed by atoms with Crippen LogP contribution in [0.4, 0.5) is 0 Å².